The molecule has 2 rings (SSSR count). The largest absolute Gasteiger partial charge is 0.458 e. The fourth-order valence-corrected chi connectivity index (χ4v) is 2.12. The number of rotatable bonds is 2. The topological polar surface area (TPSA) is 67.4 Å². The Kier molecular flexibility index (Phi) is 4.47. The van der Waals surface area contributed by atoms with Gasteiger partial charge < -0.3 is 15.0 Å². The SMILES string of the molecule is CC(C)(C)NC(=O)N1CC[C@@H](Oc2ncc(Br)cn2)C1. The number of hydrogen-bond donors (Lipinski definition) is 1. The Labute approximate surface area is 127 Å². The molecule has 1 N–H and O–H groups in total. The Hall–Kier alpha value is -1.37. The molecule has 0 aromatic carbocycles. The van der Waals surface area contributed by atoms with Crippen LogP contribution < -0.4 is 10.1 Å². The van der Waals surface area contributed by atoms with Crippen molar-refractivity contribution in [1.82, 2.24) is 20.2 Å². The second kappa shape index (κ2) is 5.95. The van der Waals surface area contributed by atoms with E-state index in [-0.39, 0.29) is 17.7 Å². The molecule has 6 nitrogen and oxygen atoms in total. The first-order chi connectivity index (χ1) is 9.33. The van der Waals surface area contributed by atoms with E-state index in [9.17, 15) is 4.79 Å². The van der Waals surface area contributed by atoms with E-state index in [0.29, 0.717) is 19.1 Å². The second-order valence-electron chi connectivity index (χ2n) is 5.84. The summed E-state index contributed by atoms with van der Waals surface area (Å²) in [4.78, 5) is 21.9. The van der Waals surface area contributed by atoms with Crippen molar-refractivity contribution in [2.75, 3.05) is 13.1 Å². The van der Waals surface area contributed by atoms with E-state index in [1.807, 2.05) is 20.8 Å². The van der Waals surface area contributed by atoms with E-state index >= 15 is 0 Å². The van der Waals surface area contributed by atoms with Crippen molar-refractivity contribution in [2.24, 2.45) is 0 Å². The average Bonchev–Trinajstić information content (AvgIpc) is 2.79. The number of aromatic nitrogens is 2. The van der Waals surface area contributed by atoms with E-state index in [1.54, 1.807) is 17.3 Å². The molecule has 2 amide bonds. The van der Waals surface area contributed by atoms with Crippen LogP contribution in [0.1, 0.15) is 27.2 Å². The number of amides is 2. The molecule has 7 heteroatoms. The fraction of sp³-hybridized carbons (Fsp3) is 0.615. The van der Waals surface area contributed by atoms with Gasteiger partial charge in [-0.3, -0.25) is 0 Å². The van der Waals surface area contributed by atoms with Crippen molar-refractivity contribution < 1.29 is 9.53 Å². The first kappa shape index (κ1) is 15.0. The molecule has 1 saturated heterocycles. The molecule has 1 aromatic rings. The van der Waals surface area contributed by atoms with Crippen molar-refractivity contribution in [3.63, 3.8) is 0 Å². The monoisotopic (exact) mass is 342 g/mol. The van der Waals surface area contributed by atoms with Crippen LogP contribution in [0, 0.1) is 0 Å². The van der Waals surface area contributed by atoms with Crippen molar-refractivity contribution in [2.45, 2.75) is 38.8 Å². The van der Waals surface area contributed by atoms with Crippen LogP contribution in [0.25, 0.3) is 0 Å². The van der Waals surface area contributed by atoms with Crippen LogP contribution in [0.5, 0.6) is 6.01 Å². The summed E-state index contributed by atoms with van der Waals surface area (Å²) in [6, 6.07) is 0.289. The molecule has 20 heavy (non-hydrogen) atoms. The summed E-state index contributed by atoms with van der Waals surface area (Å²) in [5, 5.41) is 2.95. The molecule has 110 valence electrons. The minimum absolute atomic E-state index is 0.0538. The third-order valence-electron chi connectivity index (χ3n) is 2.78. The first-order valence-electron chi connectivity index (χ1n) is 6.55. The van der Waals surface area contributed by atoms with Gasteiger partial charge in [0.25, 0.3) is 0 Å². The van der Waals surface area contributed by atoms with Gasteiger partial charge in [-0.15, -0.1) is 0 Å². The zero-order valence-electron chi connectivity index (χ0n) is 11.9. The van der Waals surface area contributed by atoms with Crippen molar-refractivity contribution >= 4 is 22.0 Å². The molecule has 1 aliphatic heterocycles. The molecular formula is C13H19BrN4O2. The molecule has 0 saturated carbocycles. The number of carbonyl (C=O) groups excluding carboxylic acids is 1. The lowest BCUT2D eigenvalue weighted by molar-refractivity contribution is 0.174. The number of hydrogen-bond acceptors (Lipinski definition) is 4. The number of likely N-dealkylation sites (tertiary alicyclic amines) is 1. The summed E-state index contributed by atoms with van der Waals surface area (Å²) in [7, 11) is 0. The molecule has 0 bridgehead atoms. The van der Waals surface area contributed by atoms with Crippen LogP contribution in [0.15, 0.2) is 16.9 Å². The number of carbonyl (C=O) groups is 1. The lowest BCUT2D eigenvalue weighted by Crippen LogP contribution is -2.48. The standard InChI is InChI=1S/C13H19BrN4O2/c1-13(2,3)17-12(19)18-5-4-10(8-18)20-11-15-6-9(14)7-16-11/h6-7,10H,4-5,8H2,1-3H3,(H,17,19)/t10-/m1/s1. The number of halogens is 1. The Morgan fingerprint density at radius 1 is 1.45 bits per heavy atom. The van der Waals surface area contributed by atoms with Crippen LogP contribution >= 0.6 is 15.9 Å². The van der Waals surface area contributed by atoms with E-state index in [1.165, 1.54) is 0 Å². The third kappa shape index (κ3) is 4.33. The van der Waals surface area contributed by atoms with Gasteiger partial charge >= 0.3 is 12.0 Å². The molecule has 2 heterocycles. The predicted molar refractivity (Wildman–Crippen MR) is 78.6 cm³/mol. The van der Waals surface area contributed by atoms with Crippen molar-refractivity contribution in [3.05, 3.63) is 16.9 Å². The lowest BCUT2D eigenvalue weighted by atomic mass is 10.1. The van der Waals surface area contributed by atoms with Gasteiger partial charge in [-0.2, -0.15) is 0 Å². The first-order valence-corrected chi connectivity index (χ1v) is 7.34. The minimum Gasteiger partial charge on any atom is -0.458 e. The zero-order valence-corrected chi connectivity index (χ0v) is 13.5. The normalized spacial score (nSPS) is 19.0. The molecule has 1 aliphatic rings. The molecule has 0 spiro atoms. The molecule has 1 aromatic heterocycles. The maximum Gasteiger partial charge on any atom is 0.317 e. The van der Waals surface area contributed by atoms with Gasteiger partial charge in [0.15, 0.2) is 0 Å². The van der Waals surface area contributed by atoms with Crippen LogP contribution in [0.2, 0.25) is 0 Å². The number of ether oxygens (including phenoxy) is 1. The Balaban J connectivity index is 1.86. The smallest absolute Gasteiger partial charge is 0.317 e. The Morgan fingerprint density at radius 2 is 2.10 bits per heavy atom. The summed E-state index contributed by atoms with van der Waals surface area (Å²) < 4.78 is 6.48. The maximum atomic E-state index is 12.0. The minimum atomic E-state index is -0.231. The summed E-state index contributed by atoms with van der Waals surface area (Å²) in [5.41, 5.74) is -0.231. The van der Waals surface area contributed by atoms with Gasteiger partial charge in [0.05, 0.1) is 11.0 Å². The van der Waals surface area contributed by atoms with Gasteiger partial charge in [0.1, 0.15) is 6.10 Å². The molecule has 0 radical (unpaired) electrons. The number of nitrogens with one attached hydrogen (secondary N) is 1. The van der Waals surface area contributed by atoms with Crippen LogP contribution in [-0.2, 0) is 0 Å². The zero-order chi connectivity index (χ0) is 14.8. The highest BCUT2D eigenvalue weighted by Gasteiger charge is 2.29. The fourth-order valence-electron chi connectivity index (χ4n) is 1.92. The highest BCUT2D eigenvalue weighted by Crippen LogP contribution is 2.16. The van der Waals surface area contributed by atoms with E-state index in [0.717, 1.165) is 10.9 Å². The van der Waals surface area contributed by atoms with Gasteiger partial charge in [0, 0.05) is 30.9 Å². The number of urea groups is 1. The van der Waals surface area contributed by atoms with Gasteiger partial charge in [-0.05, 0) is 36.7 Å². The average molecular weight is 343 g/mol. The molecule has 1 atom stereocenters. The van der Waals surface area contributed by atoms with Gasteiger partial charge in [-0.25, -0.2) is 14.8 Å². The van der Waals surface area contributed by atoms with E-state index < -0.39 is 0 Å². The summed E-state index contributed by atoms with van der Waals surface area (Å²) >= 11 is 3.27. The highest BCUT2D eigenvalue weighted by molar-refractivity contribution is 9.10. The van der Waals surface area contributed by atoms with Crippen LogP contribution in [0.4, 0.5) is 4.79 Å². The maximum absolute atomic E-state index is 12.0. The quantitative estimate of drug-likeness (QED) is 0.894. The van der Waals surface area contributed by atoms with E-state index in [4.69, 9.17) is 4.74 Å². The second-order valence-corrected chi connectivity index (χ2v) is 6.75. The van der Waals surface area contributed by atoms with E-state index in [2.05, 4.69) is 31.2 Å². The lowest BCUT2D eigenvalue weighted by Gasteiger charge is -2.25. The van der Waals surface area contributed by atoms with Crippen molar-refractivity contribution in [1.29, 1.82) is 0 Å². The molecule has 0 unspecified atom stereocenters. The molecular weight excluding hydrogens is 324 g/mol. The Morgan fingerprint density at radius 3 is 2.70 bits per heavy atom. The van der Waals surface area contributed by atoms with Crippen molar-refractivity contribution in [3.8, 4) is 6.01 Å². The van der Waals surface area contributed by atoms with Gasteiger partial charge in [0.2, 0.25) is 0 Å². The predicted octanol–water partition coefficient (Wildman–Crippen LogP) is 2.20. The summed E-state index contributed by atoms with van der Waals surface area (Å²) in [6.45, 7) is 7.13. The highest BCUT2D eigenvalue weighted by atomic mass is 79.9. The molecule has 1 fully saturated rings. The summed E-state index contributed by atoms with van der Waals surface area (Å²) in [6.07, 6.45) is 4.02. The van der Waals surface area contributed by atoms with Crippen LogP contribution in [0.3, 0.4) is 0 Å². The van der Waals surface area contributed by atoms with Gasteiger partial charge in [-0.1, -0.05) is 0 Å². The molecule has 0 aliphatic carbocycles. The summed E-state index contributed by atoms with van der Waals surface area (Å²) in [5.74, 6) is 0. The van der Waals surface area contributed by atoms with Crippen LogP contribution in [-0.4, -0.2) is 45.6 Å². The number of nitrogens with zero attached hydrogens (tertiary/aromatic N) is 3. The third-order valence-corrected chi connectivity index (χ3v) is 3.19. The Bertz CT molecular complexity index is 472.